The van der Waals surface area contributed by atoms with Crippen molar-refractivity contribution in [3.8, 4) is 0 Å². The quantitative estimate of drug-likeness (QED) is 0.618. The molecule has 0 spiro atoms. The van der Waals surface area contributed by atoms with Gasteiger partial charge in [0, 0.05) is 12.1 Å². The second-order valence-corrected chi connectivity index (χ2v) is 4.10. The lowest BCUT2D eigenvalue weighted by Gasteiger charge is -2.10. The average molecular weight is 259 g/mol. The van der Waals surface area contributed by atoms with E-state index in [2.05, 4.69) is 15.9 Å². The Morgan fingerprint density at radius 3 is 2.64 bits per heavy atom. The Labute approximate surface area is 90.8 Å². The largest absolute Gasteiger partial charge is 0.305 e. The molecular formula is C9H11BrN2O2. The van der Waals surface area contributed by atoms with Gasteiger partial charge in [0.15, 0.2) is 0 Å². The van der Waals surface area contributed by atoms with Gasteiger partial charge in [-0.05, 0) is 36.1 Å². The molecule has 0 heterocycles. The normalized spacial score (nSPS) is 10.6. The zero-order valence-electron chi connectivity index (χ0n) is 8.03. The molecule has 0 aliphatic carbocycles. The fraction of sp³-hybridized carbons (Fsp3) is 0.333. The molecule has 4 nitrogen and oxygen atoms in total. The summed E-state index contributed by atoms with van der Waals surface area (Å²) in [6, 6.07) is 5.25. The molecule has 0 aromatic heterocycles. The van der Waals surface area contributed by atoms with Crippen LogP contribution >= 0.6 is 15.9 Å². The highest BCUT2D eigenvalue weighted by atomic mass is 79.9. The van der Waals surface area contributed by atoms with Crippen molar-refractivity contribution in [2.45, 2.75) is 6.54 Å². The first-order valence-corrected chi connectivity index (χ1v) is 4.88. The summed E-state index contributed by atoms with van der Waals surface area (Å²) >= 11 is 3.18. The molecule has 0 unspecified atom stereocenters. The van der Waals surface area contributed by atoms with Crippen LogP contribution in [-0.4, -0.2) is 23.9 Å². The van der Waals surface area contributed by atoms with Gasteiger partial charge in [-0.25, -0.2) is 0 Å². The van der Waals surface area contributed by atoms with Gasteiger partial charge >= 0.3 is 0 Å². The third kappa shape index (κ3) is 2.52. The summed E-state index contributed by atoms with van der Waals surface area (Å²) < 4.78 is 0.529. The monoisotopic (exact) mass is 258 g/mol. The number of para-hydroxylation sites is 1. The Kier molecular flexibility index (Phi) is 3.60. The van der Waals surface area contributed by atoms with E-state index in [9.17, 15) is 10.1 Å². The number of halogens is 1. The molecule has 1 aromatic rings. The Hall–Kier alpha value is -0.940. The maximum absolute atomic E-state index is 10.8. The minimum Gasteiger partial charge on any atom is -0.305 e. The molecule has 0 amide bonds. The highest BCUT2D eigenvalue weighted by Gasteiger charge is 2.17. The Balaban J connectivity index is 3.14. The van der Waals surface area contributed by atoms with Crippen molar-refractivity contribution in [2.24, 2.45) is 0 Å². The molecule has 0 N–H and O–H groups in total. The van der Waals surface area contributed by atoms with Crippen molar-refractivity contribution in [3.05, 3.63) is 38.3 Å². The fourth-order valence-electron chi connectivity index (χ4n) is 1.23. The van der Waals surface area contributed by atoms with Crippen LogP contribution in [0.15, 0.2) is 22.7 Å². The summed E-state index contributed by atoms with van der Waals surface area (Å²) in [6.07, 6.45) is 0. The highest BCUT2D eigenvalue weighted by molar-refractivity contribution is 9.10. The predicted molar refractivity (Wildman–Crippen MR) is 58.2 cm³/mol. The Bertz CT molecular complexity index is 353. The average Bonchev–Trinajstić information content (AvgIpc) is 2.01. The smallest absolute Gasteiger partial charge is 0.287 e. The minimum absolute atomic E-state index is 0.154. The van der Waals surface area contributed by atoms with E-state index in [0.717, 1.165) is 5.56 Å². The molecule has 5 heteroatoms. The van der Waals surface area contributed by atoms with E-state index >= 15 is 0 Å². The molecule has 0 fully saturated rings. The van der Waals surface area contributed by atoms with Crippen LogP contribution in [0.5, 0.6) is 0 Å². The summed E-state index contributed by atoms with van der Waals surface area (Å²) in [7, 11) is 3.76. The third-order valence-corrected chi connectivity index (χ3v) is 2.38. The van der Waals surface area contributed by atoms with E-state index < -0.39 is 0 Å². The van der Waals surface area contributed by atoms with Gasteiger partial charge in [-0.1, -0.05) is 12.1 Å². The lowest BCUT2D eigenvalue weighted by molar-refractivity contribution is -0.386. The number of benzene rings is 1. The van der Waals surface area contributed by atoms with Crippen LogP contribution in [0, 0.1) is 10.1 Å². The molecule has 76 valence electrons. The second-order valence-electron chi connectivity index (χ2n) is 3.24. The van der Waals surface area contributed by atoms with Gasteiger partial charge in [0.05, 0.1) is 9.40 Å². The van der Waals surface area contributed by atoms with Gasteiger partial charge in [0.1, 0.15) is 0 Å². The minimum atomic E-state index is -0.358. The maximum Gasteiger partial charge on any atom is 0.287 e. The number of nitro benzene ring substituents is 1. The van der Waals surface area contributed by atoms with Crippen molar-refractivity contribution >= 4 is 21.6 Å². The fourth-order valence-corrected chi connectivity index (χ4v) is 1.78. The first-order valence-electron chi connectivity index (χ1n) is 4.09. The topological polar surface area (TPSA) is 46.4 Å². The zero-order valence-corrected chi connectivity index (χ0v) is 9.61. The first kappa shape index (κ1) is 11.1. The summed E-state index contributed by atoms with van der Waals surface area (Å²) in [4.78, 5) is 12.3. The first-order chi connectivity index (χ1) is 6.52. The van der Waals surface area contributed by atoms with Crippen LogP contribution < -0.4 is 0 Å². The summed E-state index contributed by atoms with van der Waals surface area (Å²) in [5, 5.41) is 10.8. The van der Waals surface area contributed by atoms with Gasteiger partial charge < -0.3 is 4.90 Å². The van der Waals surface area contributed by atoms with E-state index in [1.54, 1.807) is 18.2 Å². The van der Waals surface area contributed by atoms with Gasteiger partial charge in [0.2, 0.25) is 0 Å². The van der Waals surface area contributed by atoms with Crippen LogP contribution in [0.25, 0.3) is 0 Å². The van der Waals surface area contributed by atoms with Gasteiger partial charge in [-0.15, -0.1) is 0 Å². The van der Waals surface area contributed by atoms with Crippen LogP contribution in [-0.2, 0) is 6.54 Å². The van der Waals surface area contributed by atoms with Crippen LogP contribution in [0.1, 0.15) is 5.56 Å². The molecule has 1 aromatic carbocycles. The van der Waals surface area contributed by atoms with Crippen LogP contribution in [0.3, 0.4) is 0 Å². The van der Waals surface area contributed by atoms with Crippen molar-refractivity contribution in [1.82, 2.24) is 4.90 Å². The summed E-state index contributed by atoms with van der Waals surface area (Å²) in [5.41, 5.74) is 0.871. The number of nitro groups is 1. The lowest BCUT2D eigenvalue weighted by Crippen LogP contribution is -2.12. The number of rotatable bonds is 3. The summed E-state index contributed by atoms with van der Waals surface area (Å²) in [6.45, 7) is 0.565. The second kappa shape index (κ2) is 4.52. The SMILES string of the molecule is CN(C)Cc1cccc(Br)c1[N+](=O)[O-]. The highest BCUT2D eigenvalue weighted by Crippen LogP contribution is 2.28. The molecular weight excluding hydrogens is 248 g/mol. The van der Waals surface area contributed by atoms with Crippen molar-refractivity contribution < 1.29 is 4.92 Å². The van der Waals surface area contributed by atoms with E-state index in [4.69, 9.17) is 0 Å². The van der Waals surface area contributed by atoms with E-state index in [1.807, 2.05) is 19.0 Å². The Morgan fingerprint density at radius 1 is 1.50 bits per heavy atom. The van der Waals surface area contributed by atoms with Gasteiger partial charge in [-0.2, -0.15) is 0 Å². The Morgan fingerprint density at radius 2 is 2.14 bits per heavy atom. The third-order valence-electron chi connectivity index (χ3n) is 1.74. The van der Waals surface area contributed by atoms with Crippen LogP contribution in [0.4, 0.5) is 5.69 Å². The zero-order chi connectivity index (χ0) is 10.7. The molecule has 0 bridgehead atoms. The number of nitrogens with zero attached hydrogens (tertiary/aromatic N) is 2. The molecule has 0 saturated carbocycles. The molecule has 0 aliphatic heterocycles. The summed E-state index contributed by atoms with van der Waals surface area (Å²) in [5.74, 6) is 0. The molecule has 14 heavy (non-hydrogen) atoms. The lowest BCUT2D eigenvalue weighted by atomic mass is 10.2. The van der Waals surface area contributed by atoms with Crippen molar-refractivity contribution in [2.75, 3.05) is 14.1 Å². The molecule has 0 radical (unpaired) electrons. The standard InChI is InChI=1S/C9H11BrN2O2/c1-11(2)6-7-4-3-5-8(10)9(7)12(13)14/h3-5H,6H2,1-2H3. The molecule has 0 aliphatic rings. The van der Waals surface area contributed by atoms with Gasteiger partial charge in [0.25, 0.3) is 5.69 Å². The van der Waals surface area contributed by atoms with E-state index in [-0.39, 0.29) is 10.6 Å². The van der Waals surface area contributed by atoms with E-state index in [1.165, 1.54) is 0 Å². The molecule has 0 atom stereocenters. The van der Waals surface area contributed by atoms with Gasteiger partial charge in [-0.3, -0.25) is 10.1 Å². The number of hydrogen-bond donors (Lipinski definition) is 0. The van der Waals surface area contributed by atoms with Crippen LogP contribution in [0.2, 0.25) is 0 Å². The van der Waals surface area contributed by atoms with E-state index in [0.29, 0.717) is 11.0 Å². The number of hydrogen-bond acceptors (Lipinski definition) is 3. The maximum atomic E-state index is 10.8. The molecule has 1 rings (SSSR count). The molecule has 0 saturated heterocycles. The predicted octanol–water partition coefficient (Wildman–Crippen LogP) is 2.42. The van der Waals surface area contributed by atoms with Crippen molar-refractivity contribution in [1.29, 1.82) is 0 Å². The van der Waals surface area contributed by atoms with Crippen molar-refractivity contribution in [3.63, 3.8) is 0 Å².